The van der Waals surface area contributed by atoms with Crippen molar-refractivity contribution in [3.05, 3.63) is 27.7 Å². The van der Waals surface area contributed by atoms with Crippen molar-refractivity contribution in [1.82, 2.24) is 9.55 Å². The van der Waals surface area contributed by atoms with Gasteiger partial charge in [0.2, 0.25) is 5.82 Å². The van der Waals surface area contributed by atoms with Crippen LogP contribution in [0.5, 0.6) is 0 Å². The Hall–Kier alpha value is -1.65. The molecule has 0 aliphatic carbocycles. The lowest BCUT2D eigenvalue weighted by molar-refractivity contribution is -0.391. The molecule has 0 aliphatic heterocycles. The quantitative estimate of drug-likeness (QED) is 0.583. The first-order valence-corrected chi connectivity index (χ1v) is 5.75. The van der Waals surface area contributed by atoms with Crippen LogP contribution in [0.1, 0.15) is 39.4 Å². The fraction of sp³-hybridized carbons (Fsp3) is 0.583. The molecule has 0 amide bonds. The third kappa shape index (κ3) is 3.69. The summed E-state index contributed by atoms with van der Waals surface area (Å²) in [6, 6.07) is 0. The van der Waals surface area contributed by atoms with Crippen molar-refractivity contribution in [1.29, 1.82) is 0 Å². The SMILES string of the molecule is C/C(=C\c1ncc([N+](=O)[O-])n1C)CCC(C)C. The van der Waals surface area contributed by atoms with Gasteiger partial charge in [0.1, 0.15) is 6.20 Å². The fourth-order valence-corrected chi connectivity index (χ4v) is 1.53. The predicted molar refractivity (Wildman–Crippen MR) is 67.6 cm³/mol. The minimum atomic E-state index is -0.423. The van der Waals surface area contributed by atoms with Crippen molar-refractivity contribution >= 4 is 11.9 Å². The standard InChI is InChI=1S/C12H19N3O2/c1-9(2)5-6-10(3)7-11-13-8-12(14(11)4)15(16)17/h7-9H,5-6H2,1-4H3/b10-7+. The molecule has 0 fully saturated rings. The number of imidazole rings is 1. The van der Waals surface area contributed by atoms with Crippen LogP contribution >= 0.6 is 0 Å². The summed E-state index contributed by atoms with van der Waals surface area (Å²) in [4.78, 5) is 14.3. The minimum absolute atomic E-state index is 0.0212. The van der Waals surface area contributed by atoms with E-state index in [9.17, 15) is 10.1 Å². The second kappa shape index (κ2) is 5.61. The Morgan fingerprint density at radius 1 is 1.65 bits per heavy atom. The highest BCUT2D eigenvalue weighted by Crippen LogP contribution is 2.17. The summed E-state index contributed by atoms with van der Waals surface area (Å²) < 4.78 is 1.50. The summed E-state index contributed by atoms with van der Waals surface area (Å²) in [5.41, 5.74) is 1.20. The summed E-state index contributed by atoms with van der Waals surface area (Å²) >= 11 is 0. The number of aromatic nitrogens is 2. The molecule has 1 heterocycles. The molecule has 94 valence electrons. The zero-order valence-electron chi connectivity index (χ0n) is 10.8. The summed E-state index contributed by atoms with van der Waals surface area (Å²) in [5.74, 6) is 1.32. The van der Waals surface area contributed by atoms with E-state index in [0.29, 0.717) is 11.7 Å². The number of nitrogens with zero attached hydrogens (tertiary/aromatic N) is 3. The highest BCUT2D eigenvalue weighted by atomic mass is 16.6. The van der Waals surface area contributed by atoms with Gasteiger partial charge in [0.25, 0.3) is 0 Å². The Balaban J connectivity index is 2.80. The van der Waals surface area contributed by atoms with Crippen LogP contribution < -0.4 is 0 Å². The van der Waals surface area contributed by atoms with Crippen LogP contribution in [0.2, 0.25) is 0 Å². The summed E-state index contributed by atoms with van der Waals surface area (Å²) in [6.45, 7) is 6.39. The predicted octanol–water partition coefficient (Wildman–Crippen LogP) is 3.17. The molecule has 0 aromatic carbocycles. The molecule has 0 unspecified atom stereocenters. The van der Waals surface area contributed by atoms with E-state index in [2.05, 4.69) is 18.8 Å². The average Bonchev–Trinajstić information content (AvgIpc) is 2.58. The van der Waals surface area contributed by atoms with Crippen LogP contribution in [0.4, 0.5) is 5.82 Å². The molecule has 1 aromatic heterocycles. The van der Waals surface area contributed by atoms with Gasteiger partial charge in [-0.2, -0.15) is 0 Å². The van der Waals surface area contributed by atoms with E-state index in [0.717, 1.165) is 12.8 Å². The first kappa shape index (κ1) is 13.4. The average molecular weight is 237 g/mol. The van der Waals surface area contributed by atoms with Gasteiger partial charge in [-0.25, -0.2) is 9.55 Å². The van der Waals surface area contributed by atoms with Gasteiger partial charge in [-0.05, 0) is 30.6 Å². The minimum Gasteiger partial charge on any atom is -0.358 e. The molecule has 1 aromatic rings. The molecule has 0 saturated carbocycles. The number of rotatable bonds is 5. The lowest BCUT2D eigenvalue weighted by Gasteiger charge is -2.03. The maximum absolute atomic E-state index is 10.7. The largest absolute Gasteiger partial charge is 0.358 e. The number of nitro groups is 1. The molecule has 1 rings (SSSR count). The van der Waals surface area contributed by atoms with Gasteiger partial charge in [0.15, 0.2) is 0 Å². The van der Waals surface area contributed by atoms with Crippen LogP contribution in [-0.2, 0) is 7.05 Å². The second-order valence-electron chi connectivity index (χ2n) is 4.71. The van der Waals surface area contributed by atoms with Gasteiger partial charge in [-0.1, -0.05) is 19.4 Å². The lowest BCUT2D eigenvalue weighted by atomic mass is 10.0. The topological polar surface area (TPSA) is 61.0 Å². The Kier molecular flexibility index (Phi) is 4.43. The van der Waals surface area contributed by atoms with Crippen molar-refractivity contribution < 1.29 is 4.92 Å². The summed E-state index contributed by atoms with van der Waals surface area (Å²) in [6.07, 6.45) is 5.32. The van der Waals surface area contributed by atoms with Gasteiger partial charge >= 0.3 is 5.82 Å². The van der Waals surface area contributed by atoms with Crippen molar-refractivity contribution in [2.24, 2.45) is 13.0 Å². The first-order valence-electron chi connectivity index (χ1n) is 5.75. The molecule has 0 N–H and O–H groups in total. The maximum Gasteiger partial charge on any atom is 0.342 e. The van der Waals surface area contributed by atoms with E-state index >= 15 is 0 Å². The molecular formula is C12H19N3O2. The molecule has 0 radical (unpaired) electrons. The first-order chi connectivity index (χ1) is 7.91. The molecule has 0 atom stereocenters. The van der Waals surface area contributed by atoms with E-state index in [-0.39, 0.29) is 5.82 Å². The van der Waals surface area contributed by atoms with Gasteiger partial charge in [-0.3, -0.25) is 0 Å². The number of hydrogen-bond acceptors (Lipinski definition) is 3. The van der Waals surface area contributed by atoms with Crippen LogP contribution in [0.15, 0.2) is 11.8 Å². The van der Waals surface area contributed by atoms with Crippen molar-refractivity contribution in [3.8, 4) is 0 Å². The Bertz CT molecular complexity index is 433. The van der Waals surface area contributed by atoms with Crippen molar-refractivity contribution in [3.63, 3.8) is 0 Å². The fourth-order valence-electron chi connectivity index (χ4n) is 1.53. The zero-order chi connectivity index (χ0) is 13.0. The summed E-state index contributed by atoms with van der Waals surface area (Å²) in [5, 5.41) is 10.7. The Morgan fingerprint density at radius 2 is 2.29 bits per heavy atom. The van der Waals surface area contributed by atoms with Crippen molar-refractivity contribution in [2.45, 2.75) is 33.6 Å². The molecule has 0 bridgehead atoms. The third-order valence-corrected chi connectivity index (χ3v) is 2.68. The highest BCUT2D eigenvalue weighted by molar-refractivity contribution is 5.47. The Labute approximate surface area is 101 Å². The van der Waals surface area contributed by atoms with E-state index in [1.807, 2.05) is 13.0 Å². The van der Waals surface area contributed by atoms with Crippen LogP contribution in [0.3, 0.4) is 0 Å². The highest BCUT2D eigenvalue weighted by Gasteiger charge is 2.14. The van der Waals surface area contributed by atoms with Gasteiger partial charge in [0.05, 0.1) is 7.05 Å². The molecular weight excluding hydrogens is 218 g/mol. The number of hydrogen-bond donors (Lipinski definition) is 0. The summed E-state index contributed by atoms with van der Waals surface area (Å²) in [7, 11) is 1.66. The number of allylic oxidation sites excluding steroid dienone is 1. The molecule has 5 nitrogen and oxygen atoms in total. The second-order valence-corrected chi connectivity index (χ2v) is 4.71. The van der Waals surface area contributed by atoms with E-state index in [1.165, 1.54) is 16.3 Å². The van der Waals surface area contributed by atoms with Crippen molar-refractivity contribution in [2.75, 3.05) is 0 Å². The van der Waals surface area contributed by atoms with Crippen LogP contribution in [-0.4, -0.2) is 14.5 Å². The normalized spacial score (nSPS) is 12.2. The smallest absolute Gasteiger partial charge is 0.342 e. The van der Waals surface area contributed by atoms with E-state index < -0.39 is 4.92 Å². The van der Waals surface area contributed by atoms with Gasteiger partial charge in [0, 0.05) is 6.08 Å². The van der Waals surface area contributed by atoms with E-state index in [4.69, 9.17) is 0 Å². The molecule has 5 heteroatoms. The van der Waals surface area contributed by atoms with Gasteiger partial charge < -0.3 is 10.1 Å². The van der Waals surface area contributed by atoms with E-state index in [1.54, 1.807) is 7.05 Å². The third-order valence-electron chi connectivity index (χ3n) is 2.68. The lowest BCUT2D eigenvalue weighted by Crippen LogP contribution is -1.99. The van der Waals surface area contributed by atoms with Crippen LogP contribution in [0, 0.1) is 16.0 Å². The van der Waals surface area contributed by atoms with Crippen LogP contribution in [0.25, 0.3) is 6.08 Å². The molecule has 0 spiro atoms. The van der Waals surface area contributed by atoms with Gasteiger partial charge in [-0.15, -0.1) is 0 Å². The maximum atomic E-state index is 10.7. The molecule has 0 aliphatic rings. The Morgan fingerprint density at radius 3 is 2.76 bits per heavy atom. The molecule has 0 saturated heterocycles. The zero-order valence-corrected chi connectivity index (χ0v) is 10.8. The molecule has 17 heavy (non-hydrogen) atoms. The monoisotopic (exact) mass is 237 g/mol.